The highest BCUT2D eigenvalue weighted by molar-refractivity contribution is 5.91. The Bertz CT molecular complexity index is 411. The van der Waals surface area contributed by atoms with E-state index < -0.39 is 0 Å². The maximum absolute atomic E-state index is 12.2. The molecule has 0 aromatic carbocycles. The van der Waals surface area contributed by atoms with Crippen LogP contribution in [0.1, 0.15) is 25.5 Å². The third kappa shape index (κ3) is 2.82. The molecule has 2 rings (SSSR count). The number of nitrogens with zero attached hydrogens (tertiary/aromatic N) is 1. The fraction of sp³-hybridized carbons (Fsp3) is 0.500. The van der Waals surface area contributed by atoms with Crippen LogP contribution >= 0.6 is 0 Å². The summed E-state index contributed by atoms with van der Waals surface area (Å²) in [6, 6.07) is 3.78. The molecule has 4 heteroatoms. The molecule has 0 aliphatic carbocycles. The van der Waals surface area contributed by atoms with Crippen LogP contribution in [0.3, 0.4) is 0 Å². The Labute approximate surface area is 107 Å². The Balaban J connectivity index is 2.03. The summed E-state index contributed by atoms with van der Waals surface area (Å²) in [5.74, 6) is 1.19. The molecular formula is C14H20N2O2. The molecule has 2 heterocycles. The maximum atomic E-state index is 12.2. The largest absolute Gasteiger partial charge is 0.465 e. The lowest BCUT2D eigenvalue weighted by Crippen LogP contribution is -2.50. The van der Waals surface area contributed by atoms with E-state index in [-0.39, 0.29) is 11.9 Å². The van der Waals surface area contributed by atoms with E-state index in [1.807, 2.05) is 11.0 Å². The summed E-state index contributed by atoms with van der Waals surface area (Å²) in [4.78, 5) is 14.0. The standard InChI is InChI=1S/C14H20N2O2/c1-11-4-2-8-16(13(11)10-15)14(17)7-6-12-5-3-9-18-12/h3,5-7,9,11,13H,2,4,8,10,15H2,1H3. The molecule has 0 saturated carbocycles. The van der Waals surface area contributed by atoms with E-state index in [0.717, 1.165) is 19.4 Å². The van der Waals surface area contributed by atoms with Crippen molar-refractivity contribution >= 4 is 12.0 Å². The van der Waals surface area contributed by atoms with Gasteiger partial charge in [-0.1, -0.05) is 6.92 Å². The Morgan fingerprint density at radius 1 is 1.67 bits per heavy atom. The van der Waals surface area contributed by atoms with Crippen LogP contribution in [0.4, 0.5) is 0 Å². The second-order valence-electron chi connectivity index (χ2n) is 4.80. The Morgan fingerprint density at radius 3 is 3.17 bits per heavy atom. The zero-order valence-electron chi connectivity index (χ0n) is 10.7. The summed E-state index contributed by atoms with van der Waals surface area (Å²) in [6.45, 7) is 3.49. The molecule has 0 bridgehead atoms. The number of carbonyl (C=O) groups excluding carboxylic acids is 1. The number of carbonyl (C=O) groups is 1. The smallest absolute Gasteiger partial charge is 0.246 e. The van der Waals surface area contributed by atoms with Crippen molar-refractivity contribution in [1.82, 2.24) is 4.90 Å². The molecule has 2 unspecified atom stereocenters. The molecular weight excluding hydrogens is 228 g/mol. The number of piperidine rings is 1. The zero-order valence-corrected chi connectivity index (χ0v) is 10.7. The van der Waals surface area contributed by atoms with Gasteiger partial charge in [-0.25, -0.2) is 0 Å². The predicted octanol–water partition coefficient (Wildman–Crippen LogP) is 1.88. The SMILES string of the molecule is CC1CCCN(C(=O)C=Cc2ccco2)C1CN. The van der Waals surface area contributed by atoms with Gasteiger partial charge in [-0.15, -0.1) is 0 Å². The van der Waals surface area contributed by atoms with E-state index in [4.69, 9.17) is 10.2 Å². The van der Waals surface area contributed by atoms with Gasteiger partial charge in [-0.2, -0.15) is 0 Å². The number of hydrogen-bond donors (Lipinski definition) is 1. The molecule has 2 atom stereocenters. The van der Waals surface area contributed by atoms with Gasteiger partial charge in [0.25, 0.3) is 0 Å². The van der Waals surface area contributed by atoms with Gasteiger partial charge in [0.15, 0.2) is 0 Å². The molecule has 18 heavy (non-hydrogen) atoms. The summed E-state index contributed by atoms with van der Waals surface area (Å²) in [7, 11) is 0. The zero-order chi connectivity index (χ0) is 13.0. The minimum atomic E-state index is 0.0217. The van der Waals surface area contributed by atoms with Gasteiger partial charge in [0.1, 0.15) is 5.76 Å². The molecule has 1 aliphatic heterocycles. The number of hydrogen-bond acceptors (Lipinski definition) is 3. The molecule has 1 aromatic rings. The third-order valence-corrected chi connectivity index (χ3v) is 3.57. The Kier molecular flexibility index (Phi) is 4.20. The van der Waals surface area contributed by atoms with Crippen LogP contribution in [0.5, 0.6) is 0 Å². The van der Waals surface area contributed by atoms with Crippen LogP contribution in [0.2, 0.25) is 0 Å². The van der Waals surface area contributed by atoms with Gasteiger partial charge >= 0.3 is 0 Å². The molecule has 0 spiro atoms. The second kappa shape index (κ2) is 5.87. The van der Waals surface area contributed by atoms with E-state index in [9.17, 15) is 4.79 Å². The van der Waals surface area contributed by atoms with E-state index in [1.165, 1.54) is 0 Å². The van der Waals surface area contributed by atoms with Crippen LogP contribution < -0.4 is 5.73 Å². The summed E-state index contributed by atoms with van der Waals surface area (Å²) in [6.07, 6.45) is 7.07. The maximum Gasteiger partial charge on any atom is 0.246 e. The average Bonchev–Trinajstić information content (AvgIpc) is 2.88. The van der Waals surface area contributed by atoms with Crippen LogP contribution in [0.25, 0.3) is 6.08 Å². The highest BCUT2D eigenvalue weighted by Gasteiger charge is 2.29. The minimum absolute atomic E-state index is 0.0217. The molecule has 98 valence electrons. The van der Waals surface area contributed by atoms with Gasteiger partial charge in [-0.3, -0.25) is 4.79 Å². The van der Waals surface area contributed by atoms with Crippen molar-refractivity contribution in [2.45, 2.75) is 25.8 Å². The normalized spacial score (nSPS) is 24.7. The van der Waals surface area contributed by atoms with Crippen molar-refractivity contribution in [1.29, 1.82) is 0 Å². The summed E-state index contributed by atoms with van der Waals surface area (Å²) < 4.78 is 5.16. The van der Waals surface area contributed by atoms with E-state index in [1.54, 1.807) is 24.5 Å². The van der Waals surface area contributed by atoms with E-state index >= 15 is 0 Å². The molecule has 0 radical (unpaired) electrons. The van der Waals surface area contributed by atoms with Gasteiger partial charge in [0, 0.05) is 25.2 Å². The van der Waals surface area contributed by atoms with Crippen LogP contribution in [0.15, 0.2) is 28.9 Å². The number of rotatable bonds is 3. The molecule has 1 aliphatic rings. The van der Waals surface area contributed by atoms with Crippen molar-refractivity contribution in [2.75, 3.05) is 13.1 Å². The van der Waals surface area contributed by atoms with Gasteiger partial charge in [-0.05, 0) is 37.0 Å². The van der Waals surface area contributed by atoms with E-state index in [0.29, 0.717) is 18.2 Å². The van der Waals surface area contributed by atoms with Crippen LogP contribution in [0, 0.1) is 5.92 Å². The van der Waals surface area contributed by atoms with Gasteiger partial charge in [0.05, 0.1) is 6.26 Å². The van der Waals surface area contributed by atoms with Crippen molar-refractivity contribution in [3.05, 3.63) is 30.2 Å². The van der Waals surface area contributed by atoms with Gasteiger partial charge in [0.2, 0.25) is 5.91 Å². The fourth-order valence-corrected chi connectivity index (χ4v) is 2.52. The highest BCUT2D eigenvalue weighted by Crippen LogP contribution is 2.22. The van der Waals surface area contributed by atoms with Crippen molar-refractivity contribution in [3.8, 4) is 0 Å². The van der Waals surface area contributed by atoms with Crippen LogP contribution in [-0.4, -0.2) is 29.9 Å². The lowest BCUT2D eigenvalue weighted by atomic mass is 9.91. The average molecular weight is 248 g/mol. The molecule has 1 amide bonds. The highest BCUT2D eigenvalue weighted by atomic mass is 16.3. The second-order valence-corrected chi connectivity index (χ2v) is 4.80. The number of nitrogens with two attached hydrogens (primary N) is 1. The predicted molar refractivity (Wildman–Crippen MR) is 70.7 cm³/mol. The quantitative estimate of drug-likeness (QED) is 0.831. The van der Waals surface area contributed by atoms with Crippen molar-refractivity contribution in [3.63, 3.8) is 0 Å². The first kappa shape index (κ1) is 12.9. The summed E-state index contributed by atoms with van der Waals surface area (Å²) >= 11 is 0. The fourth-order valence-electron chi connectivity index (χ4n) is 2.52. The molecule has 1 saturated heterocycles. The third-order valence-electron chi connectivity index (χ3n) is 3.57. The molecule has 1 fully saturated rings. The Morgan fingerprint density at radius 2 is 2.50 bits per heavy atom. The van der Waals surface area contributed by atoms with E-state index in [2.05, 4.69) is 6.92 Å². The monoisotopic (exact) mass is 248 g/mol. The number of furan rings is 1. The van der Waals surface area contributed by atoms with Crippen molar-refractivity contribution < 1.29 is 9.21 Å². The number of likely N-dealkylation sites (tertiary alicyclic amines) is 1. The number of amides is 1. The van der Waals surface area contributed by atoms with Crippen LogP contribution in [-0.2, 0) is 4.79 Å². The molecule has 4 nitrogen and oxygen atoms in total. The lowest BCUT2D eigenvalue weighted by Gasteiger charge is -2.38. The first-order valence-corrected chi connectivity index (χ1v) is 6.44. The first-order chi connectivity index (χ1) is 8.72. The van der Waals surface area contributed by atoms with Gasteiger partial charge < -0.3 is 15.1 Å². The van der Waals surface area contributed by atoms with Crippen molar-refractivity contribution in [2.24, 2.45) is 11.7 Å². The summed E-state index contributed by atoms with van der Waals surface area (Å²) in [5, 5.41) is 0. The minimum Gasteiger partial charge on any atom is -0.465 e. The molecule has 2 N–H and O–H groups in total. The molecule has 1 aromatic heterocycles. The lowest BCUT2D eigenvalue weighted by molar-refractivity contribution is -0.130. The Hall–Kier alpha value is -1.55. The topological polar surface area (TPSA) is 59.5 Å². The first-order valence-electron chi connectivity index (χ1n) is 6.44. The summed E-state index contributed by atoms with van der Waals surface area (Å²) in [5.41, 5.74) is 5.78.